The van der Waals surface area contributed by atoms with Crippen LogP contribution in [-0.2, 0) is 26.9 Å². The fourth-order valence-corrected chi connectivity index (χ4v) is 4.53. The van der Waals surface area contributed by atoms with Gasteiger partial charge in [-0.25, -0.2) is 9.97 Å². The van der Waals surface area contributed by atoms with Crippen LogP contribution in [0.5, 0.6) is 0 Å². The second-order valence-electron chi connectivity index (χ2n) is 8.09. The summed E-state index contributed by atoms with van der Waals surface area (Å²) in [6, 6.07) is 21.9. The molecule has 0 saturated carbocycles. The predicted octanol–water partition coefficient (Wildman–Crippen LogP) is 5.32. The number of rotatable bonds is 2. The number of hydrogen-bond donors (Lipinski definition) is 3. The molecule has 0 saturated heterocycles. The van der Waals surface area contributed by atoms with Gasteiger partial charge in [0.05, 0.1) is 27.7 Å². The minimum Gasteiger partial charge on any atom is -0.355 e. The zero-order valence-electron chi connectivity index (χ0n) is 18.1. The molecule has 0 unspecified atom stereocenters. The Hall–Kier alpha value is -3.76. The zero-order chi connectivity index (χ0) is 23.3. The third-order valence-corrected chi connectivity index (χ3v) is 6.50. The average molecular weight is 525 g/mol. The first-order chi connectivity index (χ1) is 16.4. The van der Waals surface area contributed by atoms with E-state index in [-0.39, 0.29) is 21.7 Å². The number of aromatic nitrogens is 4. The van der Waals surface area contributed by atoms with Crippen molar-refractivity contribution in [3.63, 3.8) is 0 Å². The molecule has 7 nitrogen and oxygen atoms in total. The minimum absolute atomic E-state index is 0. The molecule has 0 amide bonds. The number of benzene rings is 1. The van der Waals surface area contributed by atoms with Crippen molar-refractivity contribution < 1.29 is 29.7 Å². The summed E-state index contributed by atoms with van der Waals surface area (Å²) >= 11 is 0. The molecule has 4 aromatic rings. The van der Waals surface area contributed by atoms with Crippen LogP contribution in [-0.4, -0.2) is 32.9 Å². The van der Waals surface area contributed by atoms with Crippen LogP contribution in [0.1, 0.15) is 28.3 Å². The van der Waals surface area contributed by atoms with Crippen molar-refractivity contribution in [1.82, 2.24) is 19.9 Å². The van der Waals surface area contributed by atoms with Crippen LogP contribution < -0.4 is 0 Å². The largest absolute Gasteiger partial charge is 0.355 e. The molecule has 0 aliphatic carbocycles. The van der Waals surface area contributed by atoms with Gasteiger partial charge in [0, 0.05) is 44.4 Å². The predicted molar refractivity (Wildman–Crippen MR) is 133 cm³/mol. The Morgan fingerprint density at radius 2 is 1.17 bits per heavy atom. The minimum atomic E-state index is -4.26. The molecule has 0 fully saturated rings. The first-order valence-electron chi connectivity index (χ1n) is 10.6. The van der Waals surface area contributed by atoms with Gasteiger partial charge in [-0.3, -0.25) is 4.55 Å². The van der Waals surface area contributed by atoms with Crippen molar-refractivity contribution in [3.05, 3.63) is 101 Å². The fourth-order valence-electron chi connectivity index (χ4n) is 4.05. The van der Waals surface area contributed by atoms with Crippen LogP contribution in [0.25, 0.3) is 45.9 Å². The Morgan fingerprint density at radius 3 is 1.71 bits per heavy atom. The summed E-state index contributed by atoms with van der Waals surface area (Å²) in [6.07, 6.45) is 5.91. The van der Waals surface area contributed by atoms with E-state index in [1.54, 1.807) is 12.1 Å². The van der Waals surface area contributed by atoms with Gasteiger partial charge in [0.25, 0.3) is 10.1 Å². The third kappa shape index (κ3) is 4.75. The van der Waals surface area contributed by atoms with Gasteiger partial charge in [-0.05, 0) is 84.5 Å². The molecule has 2 aliphatic rings. The van der Waals surface area contributed by atoms with Crippen molar-refractivity contribution in [3.8, 4) is 0 Å². The maximum atomic E-state index is 11.4. The van der Waals surface area contributed by atoms with E-state index in [0.717, 1.165) is 56.0 Å². The van der Waals surface area contributed by atoms with E-state index < -0.39 is 10.1 Å². The molecular weight excluding hydrogens is 507 g/mol. The van der Waals surface area contributed by atoms with Gasteiger partial charge in [-0.2, -0.15) is 8.42 Å². The molecule has 1 aromatic carbocycles. The summed E-state index contributed by atoms with van der Waals surface area (Å²) in [5.41, 5.74) is 8.48. The van der Waals surface area contributed by atoms with E-state index >= 15 is 0 Å². The summed E-state index contributed by atoms with van der Waals surface area (Å²) in [6.45, 7) is 0. The second-order valence-corrected chi connectivity index (χ2v) is 9.51. The Balaban J connectivity index is 0.00000253. The van der Waals surface area contributed by atoms with Crippen molar-refractivity contribution in [2.75, 3.05) is 0 Å². The van der Waals surface area contributed by atoms with E-state index in [0.29, 0.717) is 0 Å². The van der Waals surface area contributed by atoms with Crippen molar-refractivity contribution in [2.45, 2.75) is 4.90 Å². The van der Waals surface area contributed by atoms with Gasteiger partial charge in [0.2, 0.25) is 0 Å². The summed E-state index contributed by atoms with van der Waals surface area (Å²) in [5, 5.41) is 0. The van der Waals surface area contributed by atoms with Gasteiger partial charge in [0.1, 0.15) is 0 Å². The first kappa shape index (κ1) is 23.0. The van der Waals surface area contributed by atoms with E-state index in [2.05, 4.69) is 15.0 Å². The molecule has 0 atom stereocenters. The summed E-state index contributed by atoms with van der Waals surface area (Å²) in [7, 11) is -4.26. The molecule has 175 valence electrons. The van der Waals surface area contributed by atoms with E-state index in [1.165, 1.54) is 12.1 Å². The van der Waals surface area contributed by atoms with Crippen LogP contribution in [0, 0.1) is 0 Å². The summed E-state index contributed by atoms with van der Waals surface area (Å²) in [5.74, 6) is 0. The van der Waals surface area contributed by atoms with Crippen LogP contribution in [0.15, 0.2) is 77.7 Å². The number of nitrogens with zero attached hydrogens (tertiary/aromatic N) is 2. The number of hydrogen-bond acceptors (Lipinski definition) is 4. The molecule has 1 radical (unpaired) electrons. The molecule has 5 heterocycles. The van der Waals surface area contributed by atoms with Crippen molar-refractivity contribution >= 4 is 56.0 Å². The average Bonchev–Trinajstić information content (AvgIpc) is 3.58. The zero-order valence-corrected chi connectivity index (χ0v) is 19.9. The fraction of sp³-hybridized carbons (Fsp3) is 0. The van der Waals surface area contributed by atoms with Crippen LogP contribution in [0.4, 0.5) is 0 Å². The number of fused-ring (bicyclic) bond motifs is 8. The standard InChI is InChI=1S/C26H18N4O3S.Co/c31-34(32,33)24-9-1-16(2-10-24)25-14-23-13-21-6-5-19(28-21)11-17-3-4-18(27-17)12-20-7-8-22(29-20)15-26(25)30-23;/h1-15,28-29H,(H,31,32,33);. The van der Waals surface area contributed by atoms with E-state index in [9.17, 15) is 13.0 Å². The molecule has 35 heavy (non-hydrogen) atoms. The molecule has 3 N–H and O–H groups in total. The Labute approximate surface area is 211 Å². The van der Waals surface area contributed by atoms with Gasteiger partial charge >= 0.3 is 0 Å². The SMILES string of the molecule is O=S(=O)(O)c1ccc(C2=Cc3cc4ccc(cc5nc(cc6ccc(cc2n3)[nH]6)C=C5)[nH]4)cc1.[Co]. The molecule has 8 bridgehead atoms. The third-order valence-electron chi connectivity index (χ3n) is 5.63. The van der Waals surface area contributed by atoms with Gasteiger partial charge in [0.15, 0.2) is 0 Å². The molecule has 2 aliphatic heterocycles. The van der Waals surface area contributed by atoms with Gasteiger partial charge in [-0.15, -0.1) is 0 Å². The van der Waals surface area contributed by atoms with Gasteiger partial charge in [-0.1, -0.05) is 12.1 Å². The maximum Gasteiger partial charge on any atom is 0.294 e. The number of aromatic amines is 2. The molecular formula is C26H18CoN4O3S. The molecule has 6 rings (SSSR count). The Kier molecular flexibility index (Phi) is 5.77. The van der Waals surface area contributed by atoms with Gasteiger partial charge < -0.3 is 9.97 Å². The van der Waals surface area contributed by atoms with Crippen molar-refractivity contribution in [2.24, 2.45) is 0 Å². The molecule has 0 spiro atoms. The second kappa shape index (κ2) is 8.79. The molecule has 3 aromatic heterocycles. The summed E-state index contributed by atoms with van der Waals surface area (Å²) in [4.78, 5) is 16.1. The monoisotopic (exact) mass is 525 g/mol. The van der Waals surface area contributed by atoms with Crippen LogP contribution in [0.2, 0.25) is 0 Å². The molecule has 9 heteroatoms. The Morgan fingerprint density at radius 1 is 0.657 bits per heavy atom. The van der Waals surface area contributed by atoms with Crippen molar-refractivity contribution in [1.29, 1.82) is 0 Å². The number of nitrogens with one attached hydrogen (secondary N) is 2. The van der Waals surface area contributed by atoms with Crippen LogP contribution >= 0.6 is 0 Å². The smallest absolute Gasteiger partial charge is 0.294 e. The normalized spacial score (nSPS) is 12.8. The van der Waals surface area contributed by atoms with Crippen LogP contribution in [0.3, 0.4) is 0 Å². The topological polar surface area (TPSA) is 112 Å². The quantitative estimate of drug-likeness (QED) is 0.265. The number of H-pyrrole nitrogens is 2. The van der Waals surface area contributed by atoms with E-state index in [1.807, 2.05) is 66.8 Å². The Bertz CT molecular complexity index is 1780. The first-order valence-corrected chi connectivity index (χ1v) is 12.0. The summed E-state index contributed by atoms with van der Waals surface area (Å²) < 4.78 is 32.2. The maximum absolute atomic E-state index is 11.4. The van der Waals surface area contributed by atoms with E-state index in [4.69, 9.17) is 4.98 Å².